The Hall–Kier alpha value is -3.17. The summed E-state index contributed by atoms with van der Waals surface area (Å²) in [5.41, 5.74) is 11.5. The highest BCUT2D eigenvalue weighted by Crippen LogP contribution is 2.42. The highest BCUT2D eigenvalue weighted by molar-refractivity contribution is 5.51. The third kappa shape index (κ3) is 3.18. The summed E-state index contributed by atoms with van der Waals surface area (Å²) in [6.45, 7) is 4.23. The molecule has 3 heteroatoms. The van der Waals surface area contributed by atoms with Crippen molar-refractivity contribution in [1.82, 2.24) is 9.55 Å². The van der Waals surface area contributed by atoms with Crippen LogP contribution >= 0.6 is 0 Å². The Labute approximate surface area is 172 Å². The van der Waals surface area contributed by atoms with E-state index in [4.69, 9.17) is 10.7 Å². The number of imidazole rings is 1. The lowest BCUT2D eigenvalue weighted by molar-refractivity contribution is 0.501. The van der Waals surface area contributed by atoms with E-state index in [-0.39, 0.29) is 6.04 Å². The van der Waals surface area contributed by atoms with Crippen LogP contribution in [-0.2, 0) is 5.54 Å². The van der Waals surface area contributed by atoms with Gasteiger partial charge in [0.25, 0.3) is 0 Å². The molecule has 0 radical (unpaired) electrons. The molecule has 4 rings (SSSR count). The molecule has 0 saturated carbocycles. The molecule has 0 fully saturated rings. The van der Waals surface area contributed by atoms with Crippen LogP contribution in [-0.4, -0.2) is 9.55 Å². The first kappa shape index (κ1) is 19.2. The molecule has 1 heterocycles. The Kier molecular flexibility index (Phi) is 5.32. The predicted octanol–water partition coefficient (Wildman–Crippen LogP) is 5.44. The molecule has 29 heavy (non-hydrogen) atoms. The van der Waals surface area contributed by atoms with Crippen LogP contribution in [0.2, 0.25) is 0 Å². The Morgan fingerprint density at radius 3 is 1.59 bits per heavy atom. The number of nitrogens with zero attached hydrogens (tertiary/aromatic N) is 2. The molecule has 1 unspecified atom stereocenters. The average molecular weight is 382 g/mol. The summed E-state index contributed by atoms with van der Waals surface area (Å²) in [6.07, 6.45) is 2.81. The zero-order chi connectivity index (χ0) is 20.3. The molecule has 0 bridgehead atoms. The molecule has 0 aliphatic heterocycles. The van der Waals surface area contributed by atoms with Crippen molar-refractivity contribution in [2.24, 2.45) is 5.73 Å². The molecule has 3 nitrogen and oxygen atoms in total. The van der Waals surface area contributed by atoms with E-state index in [1.54, 1.807) is 0 Å². The fourth-order valence-electron chi connectivity index (χ4n) is 4.27. The van der Waals surface area contributed by atoms with Gasteiger partial charge in [-0.05, 0) is 30.0 Å². The summed E-state index contributed by atoms with van der Waals surface area (Å²) in [5.74, 6) is 0. The monoisotopic (exact) mass is 381 g/mol. The molecule has 146 valence electrons. The molecule has 3 aromatic carbocycles. The maximum absolute atomic E-state index is 6.39. The molecule has 0 saturated heterocycles. The number of hydrogen-bond donors (Lipinski definition) is 1. The van der Waals surface area contributed by atoms with Gasteiger partial charge in [0.2, 0.25) is 0 Å². The van der Waals surface area contributed by atoms with Gasteiger partial charge in [-0.15, -0.1) is 0 Å². The maximum Gasteiger partial charge on any atom is 0.121 e. The smallest absolute Gasteiger partial charge is 0.121 e. The summed E-state index contributed by atoms with van der Waals surface area (Å²) in [5, 5.41) is 0. The third-order valence-electron chi connectivity index (χ3n) is 5.77. The van der Waals surface area contributed by atoms with Crippen LogP contribution in [0, 0.1) is 6.92 Å². The Bertz CT molecular complexity index is 956. The summed E-state index contributed by atoms with van der Waals surface area (Å²) in [7, 11) is 0. The molecule has 1 aromatic heterocycles. The van der Waals surface area contributed by atoms with Crippen LogP contribution < -0.4 is 5.73 Å². The fourth-order valence-corrected chi connectivity index (χ4v) is 4.27. The normalized spacial score (nSPS) is 12.7. The highest BCUT2D eigenvalue weighted by atomic mass is 15.1. The number of hydrogen-bond acceptors (Lipinski definition) is 2. The quantitative estimate of drug-likeness (QED) is 0.452. The summed E-state index contributed by atoms with van der Waals surface area (Å²) >= 11 is 0. The average Bonchev–Trinajstić information content (AvgIpc) is 3.18. The van der Waals surface area contributed by atoms with E-state index in [9.17, 15) is 0 Å². The van der Waals surface area contributed by atoms with E-state index in [0.29, 0.717) is 0 Å². The third-order valence-corrected chi connectivity index (χ3v) is 5.77. The topological polar surface area (TPSA) is 43.8 Å². The first-order valence-electron chi connectivity index (χ1n) is 10.2. The van der Waals surface area contributed by atoms with Crippen LogP contribution in [0.3, 0.4) is 0 Å². The van der Waals surface area contributed by atoms with Crippen LogP contribution in [0.15, 0.2) is 97.3 Å². The van der Waals surface area contributed by atoms with Crippen LogP contribution in [0.4, 0.5) is 0 Å². The standard InChI is InChI=1S/C26H27N3/c1-3-24(27)25-20(2)29(19-28-25)26(21-13-7-4-8-14-21,22-15-9-5-10-16-22)23-17-11-6-12-18-23/h4-19,24H,3,27H2,1-2H3. The number of rotatable bonds is 6. The lowest BCUT2D eigenvalue weighted by Gasteiger charge is -2.38. The predicted molar refractivity (Wildman–Crippen MR) is 119 cm³/mol. The van der Waals surface area contributed by atoms with Crippen molar-refractivity contribution in [3.05, 3.63) is 125 Å². The molecular formula is C26H27N3. The fraction of sp³-hybridized carbons (Fsp3) is 0.192. The van der Waals surface area contributed by atoms with Crippen LogP contribution in [0.1, 0.15) is 47.5 Å². The molecule has 0 amide bonds. The lowest BCUT2D eigenvalue weighted by atomic mass is 9.76. The number of benzene rings is 3. The van der Waals surface area contributed by atoms with Gasteiger partial charge in [0.05, 0.1) is 12.0 Å². The van der Waals surface area contributed by atoms with Crippen molar-refractivity contribution in [1.29, 1.82) is 0 Å². The van der Waals surface area contributed by atoms with Crippen LogP contribution in [0.5, 0.6) is 0 Å². The molecule has 0 aliphatic rings. The second kappa shape index (κ2) is 8.06. The Morgan fingerprint density at radius 2 is 1.21 bits per heavy atom. The SMILES string of the molecule is CCC(N)c1ncn(C(c2ccccc2)(c2ccccc2)c2ccccc2)c1C. The molecule has 4 aromatic rings. The number of aromatic nitrogens is 2. The van der Waals surface area contributed by atoms with Gasteiger partial charge in [-0.25, -0.2) is 4.98 Å². The minimum atomic E-state index is -0.535. The van der Waals surface area contributed by atoms with E-state index in [0.717, 1.165) is 17.8 Å². The van der Waals surface area contributed by atoms with Gasteiger partial charge in [-0.1, -0.05) is 97.9 Å². The minimum absolute atomic E-state index is 0.0729. The maximum atomic E-state index is 6.39. The first-order chi connectivity index (χ1) is 14.2. The molecule has 2 N–H and O–H groups in total. The lowest BCUT2D eigenvalue weighted by Crippen LogP contribution is -2.38. The van der Waals surface area contributed by atoms with Crippen molar-refractivity contribution in [3.63, 3.8) is 0 Å². The van der Waals surface area contributed by atoms with Gasteiger partial charge < -0.3 is 10.3 Å². The zero-order valence-electron chi connectivity index (χ0n) is 17.0. The largest absolute Gasteiger partial charge is 0.323 e. The number of nitrogens with two attached hydrogens (primary N) is 1. The molecule has 1 atom stereocenters. The highest BCUT2D eigenvalue weighted by Gasteiger charge is 2.39. The Morgan fingerprint density at radius 1 is 0.793 bits per heavy atom. The van der Waals surface area contributed by atoms with Gasteiger partial charge >= 0.3 is 0 Å². The van der Waals surface area contributed by atoms with Gasteiger partial charge in [-0.2, -0.15) is 0 Å². The summed E-state index contributed by atoms with van der Waals surface area (Å²) < 4.78 is 2.29. The van der Waals surface area contributed by atoms with Crippen molar-refractivity contribution >= 4 is 0 Å². The van der Waals surface area contributed by atoms with Crippen molar-refractivity contribution in [2.75, 3.05) is 0 Å². The van der Waals surface area contributed by atoms with Crippen molar-refractivity contribution < 1.29 is 0 Å². The molecule has 0 spiro atoms. The molecule has 0 aliphatic carbocycles. The van der Waals surface area contributed by atoms with Gasteiger partial charge in [0.15, 0.2) is 0 Å². The van der Waals surface area contributed by atoms with E-state index in [2.05, 4.69) is 109 Å². The van der Waals surface area contributed by atoms with E-state index in [1.165, 1.54) is 16.7 Å². The van der Waals surface area contributed by atoms with Gasteiger partial charge in [0, 0.05) is 11.7 Å². The zero-order valence-corrected chi connectivity index (χ0v) is 17.0. The first-order valence-corrected chi connectivity index (χ1v) is 10.2. The summed E-state index contributed by atoms with van der Waals surface area (Å²) in [6, 6.07) is 31.9. The van der Waals surface area contributed by atoms with E-state index in [1.807, 2.05) is 6.33 Å². The minimum Gasteiger partial charge on any atom is -0.323 e. The van der Waals surface area contributed by atoms with Gasteiger partial charge in [0.1, 0.15) is 5.54 Å². The van der Waals surface area contributed by atoms with Crippen molar-refractivity contribution in [2.45, 2.75) is 31.8 Å². The van der Waals surface area contributed by atoms with E-state index >= 15 is 0 Å². The second-order valence-corrected chi connectivity index (χ2v) is 7.41. The Balaban J connectivity index is 2.11. The molecular weight excluding hydrogens is 354 g/mol. The van der Waals surface area contributed by atoms with E-state index < -0.39 is 5.54 Å². The van der Waals surface area contributed by atoms with Gasteiger partial charge in [-0.3, -0.25) is 0 Å². The summed E-state index contributed by atoms with van der Waals surface area (Å²) in [4.78, 5) is 4.77. The second-order valence-electron chi connectivity index (χ2n) is 7.41. The van der Waals surface area contributed by atoms with Crippen LogP contribution in [0.25, 0.3) is 0 Å². The van der Waals surface area contributed by atoms with Crippen molar-refractivity contribution in [3.8, 4) is 0 Å².